The monoisotopic (exact) mass is 252 g/mol. The number of carbonyl (C=O) groups excluding carboxylic acids is 1. The SMILES string of the molecule is CN1CCC2(CC1)CN(C(=O)OC1CCCC1)C2. The van der Waals surface area contributed by atoms with E-state index in [9.17, 15) is 4.79 Å². The van der Waals surface area contributed by atoms with Crippen molar-refractivity contribution in [2.75, 3.05) is 33.2 Å². The zero-order chi connectivity index (χ0) is 12.6. The molecule has 0 N–H and O–H groups in total. The van der Waals surface area contributed by atoms with Gasteiger partial charge in [-0.2, -0.15) is 0 Å². The fourth-order valence-electron chi connectivity index (χ4n) is 3.52. The summed E-state index contributed by atoms with van der Waals surface area (Å²) in [4.78, 5) is 16.3. The van der Waals surface area contributed by atoms with Crippen LogP contribution in [0.1, 0.15) is 38.5 Å². The fourth-order valence-corrected chi connectivity index (χ4v) is 3.52. The molecule has 3 fully saturated rings. The molecule has 0 bridgehead atoms. The minimum atomic E-state index is -0.0635. The van der Waals surface area contributed by atoms with E-state index in [0.29, 0.717) is 5.41 Å². The van der Waals surface area contributed by atoms with Gasteiger partial charge in [0.15, 0.2) is 0 Å². The van der Waals surface area contributed by atoms with Gasteiger partial charge in [-0.15, -0.1) is 0 Å². The van der Waals surface area contributed by atoms with Crippen LogP contribution in [0.25, 0.3) is 0 Å². The smallest absolute Gasteiger partial charge is 0.410 e. The maximum atomic E-state index is 12.0. The van der Waals surface area contributed by atoms with E-state index in [1.807, 2.05) is 4.90 Å². The maximum Gasteiger partial charge on any atom is 0.410 e. The second-order valence-electron chi connectivity index (χ2n) is 6.45. The van der Waals surface area contributed by atoms with E-state index in [0.717, 1.165) is 25.9 Å². The molecule has 3 rings (SSSR count). The molecule has 1 saturated carbocycles. The highest BCUT2D eigenvalue weighted by atomic mass is 16.6. The highest BCUT2D eigenvalue weighted by Crippen LogP contribution is 2.40. The Morgan fingerprint density at radius 2 is 1.78 bits per heavy atom. The van der Waals surface area contributed by atoms with Crippen LogP contribution in [0.15, 0.2) is 0 Å². The van der Waals surface area contributed by atoms with Gasteiger partial charge in [-0.1, -0.05) is 0 Å². The van der Waals surface area contributed by atoms with Crippen LogP contribution in [0.3, 0.4) is 0 Å². The third kappa shape index (κ3) is 2.35. The molecule has 0 unspecified atom stereocenters. The van der Waals surface area contributed by atoms with Crippen molar-refractivity contribution in [1.29, 1.82) is 0 Å². The summed E-state index contributed by atoms with van der Waals surface area (Å²) in [5, 5.41) is 0. The van der Waals surface area contributed by atoms with E-state index in [1.165, 1.54) is 38.8 Å². The molecule has 0 atom stereocenters. The number of rotatable bonds is 1. The minimum absolute atomic E-state index is 0.0635. The summed E-state index contributed by atoms with van der Waals surface area (Å²) in [6, 6.07) is 0. The van der Waals surface area contributed by atoms with Crippen molar-refractivity contribution in [3.63, 3.8) is 0 Å². The van der Waals surface area contributed by atoms with E-state index < -0.39 is 0 Å². The van der Waals surface area contributed by atoms with E-state index in [-0.39, 0.29) is 12.2 Å². The Labute approximate surface area is 109 Å². The molecule has 0 aromatic carbocycles. The lowest BCUT2D eigenvalue weighted by molar-refractivity contribution is -0.0455. The first-order valence-corrected chi connectivity index (χ1v) is 7.31. The van der Waals surface area contributed by atoms with E-state index in [4.69, 9.17) is 4.74 Å². The Kier molecular flexibility index (Phi) is 3.22. The van der Waals surface area contributed by atoms with Crippen molar-refractivity contribution in [3.05, 3.63) is 0 Å². The molecular formula is C14H24N2O2. The second kappa shape index (κ2) is 4.72. The van der Waals surface area contributed by atoms with Crippen LogP contribution < -0.4 is 0 Å². The first kappa shape index (κ1) is 12.3. The zero-order valence-electron chi connectivity index (χ0n) is 11.4. The Morgan fingerprint density at radius 3 is 2.39 bits per heavy atom. The fraction of sp³-hybridized carbons (Fsp3) is 0.929. The summed E-state index contributed by atoms with van der Waals surface area (Å²) in [6.07, 6.45) is 7.17. The van der Waals surface area contributed by atoms with Crippen LogP contribution in [0, 0.1) is 5.41 Å². The number of likely N-dealkylation sites (tertiary alicyclic amines) is 2. The molecule has 4 nitrogen and oxygen atoms in total. The van der Waals surface area contributed by atoms with Crippen LogP contribution >= 0.6 is 0 Å². The lowest BCUT2D eigenvalue weighted by atomic mass is 9.72. The molecule has 1 aliphatic carbocycles. The van der Waals surface area contributed by atoms with Gasteiger partial charge in [0, 0.05) is 18.5 Å². The van der Waals surface area contributed by atoms with Crippen molar-refractivity contribution in [2.45, 2.75) is 44.6 Å². The molecule has 1 spiro atoms. The van der Waals surface area contributed by atoms with Gasteiger partial charge in [-0.25, -0.2) is 4.79 Å². The average molecular weight is 252 g/mol. The summed E-state index contributed by atoms with van der Waals surface area (Å²) >= 11 is 0. The molecule has 102 valence electrons. The number of hydrogen-bond acceptors (Lipinski definition) is 3. The lowest BCUT2D eigenvalue weighted by Gasteiger charge is -2.53. The molecule has 2 heterocycles. The predicted octanol–water partition coefficient (Wildman–Crippen LogP) is 2.09. The Balaban J connectivity index is 1.45. The highest BCUT2D eigenvalue weighted by molar-refractivity contribution is 5.69. The molecule has 1 amide bonds. The first-order valence-electron chi connectivity index (χ1n) is 7.31. The van der Waals surface area contributed by atoms with Gasteiger partial charge < -0.3 is 14.5 Å². The molecule has 2 saturated heterocycles. The van der Waals surface area contributed by atoms with Crippen LogP contribution in [0.2, 0.25) is 0 Å². The molecule has 4 heteroatoms. The van der Waals surface area contributed by atoms with Crippen molar-refractivity contribution in [3.8, 4) is 0 Å². The average Bonchev–Trinajstić information content (AvgIpc) is 2.80. The van der Waals surface area contributed by atoms with E-state index in [2.05, 4.69) is 11.9 Å². The molecule has 0 aromatic heterocycles. The Morgan fingerprint density at radius 1 is 1.17 bits per heavy atom. The summed E-state index contributed by atoms with van der Waals surface area (Å²) in [5.41, 5.74) is 0.418. The van der Waals surface area contributed by atoms with Gasteiger partial charge in [-0.3, -0.25) is 0 Å². The van der Waals surface area contributed by atoms with Gasteiger partial charge in [0.2, 0.25) is 0 Å². The standard InChI is InChI=1S/C14H24N2O2/c1-15-8-6-14(7-9-15)10-16(11-14)13(17)18-12-4-2-3-5-12/h12H,2-11H2,1H3. The summed E-state index contributed by atoms with van der Waals surface area (Å²) in [6.45, 7) is 4.19. The predicted molar refractivity (Wildman–Crippen MR) is 69.5 cm³/mol. The van der Waals surface area contributed by atoms with Crippen molar-refractivity contribution in [2.24, 2.45) is 5.41 Å². The maximum absolute atomic E-state index is 12.0. The van der Waals surface area contributed by atoms with Crippen LogP contribution in [-0.4, -0.2) is 55.2 Å². The van der Waals surface area contributed by atoms with Gasteiger partial charge in [0.1, 0.15) is 6.10 Å². The Bertz CT molecular complexity index is 310. The third-order valence-corrected chi connectivity index (χ3v) is 4.93. The molecule has 18 heavy (non-hydrogen) atoms. The lowest BCUT2D eigenvalue weighted by Crippen LogP contribution is -2.61. The van der Waals surface area contributed by atoms with E-state index >= 15 is 0 Å². The number of amides is 1. The Hall–Kier alpha value is -0.770. The summed E-state index contributed by atoms with van der Waals surface area (Å²) < 4.78 is 5.55. The van der Waals surface area contributed by atoms with Crippen molar-refractivity contribution >= 4 is 6.09 Å². The largest absolute Gasteiger partial charge is 0.446 e. The highest BCUT2D eigenvalue weighted by Gasteiger charge is 2.47. The van der Waals surface area contributed by atoms with Crippen LogP contribution in [-0.2, 0) is 4.74 Å². The summed E-state index contributed by atoms with van der Waals surface area (Å²) in [7, 11) is 2.18. The van der Waals surface area contributed by atoms with E-state index in [1.54, 1.807) is 0 Å². The number of hydrogen-bond donors (Lipinski definition) is 0. The van der Waals surface area contributed by atoms with Gasteiger partial charge >= 0.3 is 6.09 Å². The molecule has 0 radical (unpaired) electrons. The second-order valence-corrected chi connectivity index (χ2v) is 6.45. The third-order valence-electron chi connectivity index (χ3n) is 4.93. The number of ether oxygens (including phenoxy) is 1. The quantitative estimate of drug-likeness (QED) is 0.716. The minimum Gasteiger partial charge on any atom is -0.446 e. The number of nitrogens with zero attached hydrogens (tertiary/aromatic N) is 2. The molecule has 0 aromatic rings. The number of piperidine rings is 1. The molecular weight excluding hydrogens is 228 g/mol. The van der Waals surface area contributed by atoms with Gasteiger partial charge in [0.05, 0.1) is 0 Å². The van der Waals surface area contributed by atoms with Crippen LogP contribution in [0.5, 0.6) is 0 Å². The molecule has 2 aliphatic heterocycles. The first-order chi connectivity index (χ1) is 8.67. The van der Waals surface area contributed by atoms with Gasteiger partial charge in [0.25, 0.3) is 0 Å². The topological polar surface area (TPSA) is 32.8 Å². The zero-order valence-corrected chi connectivity index (χ0v) is 11.4. The normalized spacial score (nSPS) is 28.4. The number of carbonyl (C=O) groups is 1. The molecule has 3 aliphatic rings. The summed E-state index contributed by atoms with van der Waals surface area (Å²) in [5.74, 6) is 0. The van der Waals surface area contributed by atoms with Crippen molar-refractivity contribution < 1.29 is 9.53 Å². The van der Waals surface area contributed by atoms with Crippen LogP contribution in [0.4, 0.5) is 4.79 Å². The van der Waals surface area contributed by atoms with Crippen molar-refractivity contribution in [1.82, 2.24) is 9.80 Å². The van der Waals surface area contributed by atoms with Gasteiger partial charge in [-0.05, 0) is 58.7 Å².